The molecular formula is C9H19NO2. The lowest BCUT2D eigenvalue weighted by molar-refractivity contribution is -0.174. The number of carbonyl (C=O) groups excluding carboxylic acids is 1. The lowest BCUT2D eigenvalue weighted by Crippen LogP contribution is -2.33. The molecule has 0 aliphatic carbocycles. The summed E-state index contributed by atoms with van der Waals surface area (Å²) >= 11 is 0. The van der Waals surface area contributed by atoms with E-state index in [1.165, 1.54) is 12.2 Å². The second-order valence-electron chi connectivity index (χ2n) is 3.19. The Hall–Kier alpha value is -0.570. The molecule has 3 heteroatoms. The highest BCUT2D eigenvalue weighted by molar-refractivity contribution is 5.77. The number of carbonyl (C=O) groups is 1. The van der Waals surface area contributed by atoms with Crippen molar-refractivity contribution in [2.45, 2.75) is 27.2 Å². The lowest BCUT2D eigenvalue weighted by atomic mass is 9.93. The van der Waals surface area contributed by atoms with Gasteiger partial charge in [0.15, 0.2) is 0 Å². The van der Waals surface area contributed by atoms with Gasteiger partial charge in [0.25, 0.3) is 0 Å². The molecule has 0 rings (SSSR count). The maximum atomic E-state index is 11.5. The fraction of sp³-hybridized carbons (Fsp3) is 0.889. The van der Waals surface area contributed by atoms with Gasteiger partial charge in [-0.15, -0.1) is 0 Å². The van der Waals surface area contributed by atoms with E-state index in [0.29, 0.717) is 5.92 Å². The molecule has 0 heterocycles. The summed E-state index contributed by atoms with van der Waals surface area (Å²) in [5, 5.41) is 1.29. The minimum atomic E-state index is 0.0416. The molecule has 0 aromatic heterocycles. The quantitative estimate of drug-likeness (QED) is 0.605. The van der Waals surface area contributed by atoms with Gasteiger partial charge >= 0.3 is 0 Å². The summed E-state index contributed by atoms with van der Waals surface area (Å²) in [5.74, 6) is 0.502. The predicted molar refractivity (Wildman–Crippen MR) is 48.4 cm³/mol. The van der Waals surface area contributed by atoms with Crippen LogP contribution < -0.4 is 0 Å². The van der Waals surface area contributed by atoms with Crippen molar-refractivity contribution < 1.29 is 9.63 Å². The van der Waals surface area contributed by atoms with Crippen LogP contribution in [0.2, 0.25) is 0 Å². The van der Waals surface area contributed by atoms with E-state index in [1.54, 1.807) is 7.05 Å². The monoisotopic (exact) mass is 173 g/mol. The van der Waals surface area contributed by atoms with E-state index >= 15 is 0 Å². The average Bonchev–Trinajstić information content (AvgIpc) is 2.12. The molecule has 72 valence electrons. The molecule has 12 heavy (non-hydrogen) atoms. The summed E-state index contributed by atoms with van der Waals surface area (Å²) in [7, 11) is 3.14. The molecule has 0 N–H and O–H groups in total. The standard InChI is InChI=1S/C9H19NO2/c1-6-7(2)8(3)9(11)10(4)12-5/h7-8H,6H2,1-5H3/t7-,8-/m0/s1. The van der Waals surface area contributed by atoms with Crippen molar-refractivity contribution in [3.05, 3.63) is 0 Å². The van der Waals surface area contributed by atoms with Crippen molar-refractivity contribution >= 4 is 5.91 Å². The summed E-state index contributed by atoms with van der Waals surface area (Å²) in [5.41, 5.74) is 0. The number of rotatable bonds is 4. The van der Waals surface area contributed by atoms with Gasteiger partial charge in [-0.05, 0) is 5.92 Å². The smallest absolute Gasteiger partial charge is 0.248 e. The van der Waals surface area contributed by atoms with Gasteiger partial charge in [0.05, 0.1) is 7.11 Å². The first-order valence-electron chi connectivity index (χ1n) is 4.36. The van der Waals surface area contributed by atoms with Crippen molar-refractivity contribution in [2.75, 3.05) is 14.2 Å². The molecule has 0 unspecified atom stereocenters. The predicted octanol–water partition coefficient (Wildman–Crippen LogP) is 1.69. The van der Waals surface area contributed by atoms with Crippen LogP contribution >= 0.6 is 0 Å². The first kappa shape index (κ1) is 11.4. The van der Waals surface area contributed by atoms with E-state index in [0.717, 1.165) is 6.42 Å². The van der Waals surface area contributed by atoms with Crippen molar-refractivity contribution in [1.29, 1.82) is 0 Å². The van der Waals surface area contributed by atoms with Crippen molar-refractivity contribution in [3.63, 3.8) is 0 Å². The normalized spacial score (nSPS) is 15.4. The van der Waals surface area contributed by atoms with Crippen molar-refractivity contribution in [1.82, 2.24) is 5.06 Å². The van der Waals surface area contributed by atoms with Gasteiger partial charge in [-0.2, -0.15) is 0 Å². The Morgan fingerprint density at radius 2 is 2.00 bits per heavy atom. The fourth-order valence-corrected chi connectivity index (χ4v) is 0.974. The molecule has 0 spiro atoms. The molecule has 2 atom stereocenters. The molecule has 0 aromatic rings. The zero-order chi connectivity index (χ0) is 9.72. The highest BCUT2D eigenvalue weighted by atomic mass is 16.7. The third-order valence-electron chi connectivity index (χ3n) is 2.47. The minimum Gasteiger partial charge on any atom is -0.275 e. The molecule has 0 bridgehead atoms. The van der Waals surface area contributed by atoms with Gasteiger partial charge in [-0.25, -0.2) is 5.06 Å². The summed E-state index contributed by atoms with van der Waals surface area (Å²) in [4.78, 5) is 16.3. The molecule has 0 radical (unpaired) electrons. The van der Waals surface area contributed by atoms with E-state index in [1.807, 2.05) is 6.92 Å². The zero-order valence-electron chi connectivity index (χ0n) is 8.63. The van der Waals surface area contributed by atoms with Crippen LogP contribution in [0.3, 0.4) is 0 Å². The van der Waals surface area contributed by atoms with Crippen molar-refractivity contribution in [2.24, 2.45) is 11.8 Å². The van der Waals surface area contributed by atoms with Gasteiger partial charge in [0.1, 0.15) is 0 Å². The van der Waals surface area contributed by atoms with Crippen LogP contribution in [0.4, 0.5) is 0 Å². The SMILES string of the molecule is CC[C@H](C)[C@H](C)C(=O)N(C)OC. The Kier molecular flexibility index (Phi) is 4.90. The molecular weight excluding hydrogens is 154 g/mol. The highest BCUT2D eigenvalue weighted by Gasteiger charge is 2.21. The molecule has 0 fully saturated rings. The Morgan fingerprint density at radius 1 is 1.50 bits per heavy atom. The van der Waals surface area contributed by atoms with Crippen LogP contribution in [0.5, 0.6) is 0 Å². The van der Waals surface area contributed by atoms with E-state index in [9.17, 15) is 4.79 Å². The van der Waals surface area contributed by atoms with Crippen LogP contribution in [0.1, 0.15) is 27.2 Å². The third-order valence-corrected chi connectivity index (χ3v) is 2.47. The highest BCUT2D eigenvalue weighted by Crippen LogP contribution is 2.16. The summed E-state index contributed by atoms with van der Waals surface area (Å²) < 4.78 is 0. The molecule has 0 aliphatic heterocycles. The second-order valence-corrected chi connectivity index (χ2v) is 3.19. The van der Waals surface area contributed by atoms with E-state index in [-0.39, 0.29) is 11.8 Å². The van der Waals surface area contributed by atoms with E-state index < -0.39 is 0 Å². The van der Waals surface area contributed by atoms with Crippen LogP contribution in [-0.2, 0) is 9.63 Å². The van der Waals surface area contributed by atoms with Gasteiger partial charge in [0, 0.05) is 13.0 Å². The van der Waals surface area contributed by atoms with Crippen LogP contribution in [0.25, 0.3) is 0 Å². The number of amides is 1. The van der Waals surface area contributed by atoms with Gasteiger partial charge in [-0.3, -0.25) is 9.63 Å². The zero-order valence-corrected chi connectivity index (χ0v) is 8.63. The largest absolute Gasteiger partial charge is 0.275 e. The maximum Gasteiger partial charge on any atom is 0.248 e. The van der Waals surface area contributed by atoms with Crippen LogP contribution in [0.15, 0.2) is 0 Å². The van der Waals surface area contributed by atoms with Crippen LogP contribution in [-0.4, -0.2) is 25.1 Å². The first-order chi connectivity index (χ1) is 5.54. The molecule has 0 aromatic carbocycles. The lowest BCUT2D eigenvalue weighted by Gasteiger charge is -2.22. The molecule has 1 amide bonds. The molecule has 0 saturated heterocycles. The Bertz CT molecular complexity index is 147. The first-order valence-corrected chi connectivity index (χ1v) is 4.36. The Balaban J connectivity index is 4.09. The molecule has 3 nitrogen and oxygen atoms in total. The van der Waals surface area contributed by atoms with Gasteiger partial charge < -0.3 is 0 Å². The van der Waals surface area contributed by atoms with Crippen LogP contribution in [0, 0.1) is 11.8 Å². The number of hydrogen-bond donors (Lipinski definition) is 0. The minimum absolute atomic E-state index is 0.0416. The van der Waals surface area contributed by atoms with Gasteiger partial charge in [0.2, 0.25) is 5.91 Å². The number of hydroxylamine groups is 2. The molecule has 0 aliphatic rings. The summed E-state index contributed by atoms with van der Waals surface area (Å²) in [6, 6.07) is 0. The van der Waals surface area contributed by atoms with Crippen molar-refractivity contribution in [3.8, 4) is 0 Å². The van der Waals surface area contributed by atoms with E-state index in [2.05, 4.69) is 13.8 Å². The average molecular weight is 173 g/mol. The Morgan fingerprint density at radius 3 is 2.33 bits per heavy atom. The number of nitrogens with zero attached hydrogens (tertiary/aromatic N) is 1. The maximum absolute atomic E-state index is 11.5. The summed E-state index contributed by atoms with van der Waals surface area (Å²) in [6.45, 7) is 6.10. The number of hydrogen-bond acceptors (Lipinski definition) is 2. The summed E-state index contributed by atoms with van der Waals surface area (Å²) in [6.07, 6.45) is 1.02. The second kappa shape index (κ2) is 5.14. The van der Waals surface area contributed by atoms with Gasteiger partial charge in [-0.1, -0.05) is 27.2 Å². The topological polar surface area (TPSA) is 29.5 Å². The fourth-order valence-electron chi connectivity index (χ4n) is 0.974. The van der Waals surface area contributed by atoms with E-state index in [4.69, 9.17) is 4.84 Å². The Labute approximate surface area is 74.6 Å². The third kappa shape index (κ3) is 2.81. The molecule has 0 saturated carbocycles.